The van der Waals surface area contributed by atoms with Gasteiger partial charge in [-0.3, -0.25) is 0 Å². The topological polar surface area (TPSA) is 161 Å². The molecule has 10 heteroatoms. The Morgan fingerprint density at radius 1 is 0.556 bits per heavy atom. The minimum atomic E-state index is -1.08. The van der Waals surface area contributed by atoms with E-state index in [9.17, 15) is 0 Å². The van der Waals surface area contributed by atoms with Gasteiger partial charge in [0.05, 0.1) is 0 Å². The summed E-state index contributed by atoms with van der Waals surface area (Å²) >= 11 is 0. The minimum absolute atomic E-state index is 0. The summed E-state index contributed by atoms with van der Waals surface area (Å²) in [5, 5.41) is 35.6. The third-order valence-corrected chi connectivity index (χ3v) is 0. The van der Waals surface area contributed by atoms with Gasteiger partial charge in [-0.2, -0.15) is 0 Å². The van der Waals surface area contributed by atoms with Gasteiger partial charge in [0.1, 0.15) is 0 Å². The van der Waals surface area contributed by atoms with Gasteiger partial charge in [-0.25, -0.2) is 0 Å². The van der Waals surface area contributed by atoms with E-state index in [1.165, 1.54) is 0 Å². The van der Waals surface area contributed by atoms with Crippen molar-refractivity contribution in [3.8, 4) is 0 Å². The Balaban J connectivity index is -0.0000000257. The van der Waals surface area contributed by atoms with Gasteiger partial charge >= 0.3 is 29.6 Å². The Bertz CT molecular complexity index is 167. The smallest absolute Gasteiger partial charge is 1.00 e. The number of halogens is 1. The summed E-state index contributed by atoms with van der Waals surface area (Å²) in [6.07, 6.45) is 0. The molecule has 0 aliphatic heterocycles. The molecule has 0 unspecified atom stereocenters. The molecule has 0 aromatic rings. The summed E-state index contributed by atoms with van der Waals surface area (Å²) in [6.45, 7) is 3.89. The van der Waals surface area contributed by atoms with Crippen molar-refractivity contribution in [1.29, 1.82) is 0 Å². The Kier molecular flexibility index (Phi) is 59.8. The van der Waals surface area contributed by atoms with E-state index in [4.69, 9.17) is 39.6 Å². The van der Waals surface area contributed by atoms with E-state index in [1.54, 1.807) is 0 Å². The molecule has 0 N–H and O–H groups in total. The number of hydrogen-bond acceptors (Lipinski definition) is 8. The van der Waals surface area contributed by atoms with Crippen LogP contribution in [0.5, 0.6) is 0 Å². The molecule has 0 atom stereocenters. The molecule has 0 saturated heterocycles. The molecule has 0 amide bonds. The molecular weight excluding hydrogens is 327 g/mol. The summed E-state index contributed by atoms with van der Waals surface area (Å²) in [7, 11) is 0. The number of carboxylic acids is 4. The maximum Gasteiger partial charge on any atom is 1.00 e. The number of carboxylic acid groups (broad SMARTS) is 4. The second kappa shape index (κ2) is 29.9. The molecule has 18 heavy (non-hydrogen) atoms. The van der Waals surface area contributed by atoms with Crippen molar-refractivity contribution >= 4 is 23.9 Å². The first-order valence-corrected chi connectivity index (χ1v) is 3.63. The molecule has 0 bridgehead atoms. The molecule has 0 aliphatic rings. The average Bonchev–Trinajstić information content (AvgIpc) is 1.76. The predicted molar refractivity (Wildman–Crippen MR) is 42.7 cm³/mol. The molecule has 0 saturated carbocycles. The van der Waals surface area contributed by atoms with E-state index in [0.717, 1.165) is 27.7 Å². The number of carbonyl (C=O) groups excluding carboxylic acids is 4. The summed E-state index contributed by atoms with van der Waals surface area (Å²) < 4.78 is 0. The van der Waals surface area contributed by atoms with Crippen LogP contribution in [0, 0.1) is 0 Å². The van der Waals surface area contributed by atoms with Crippen LogP contribution in [0.4, 0.5) is 0 Å². The fraction of sp³-hybridized carbons (Fsp3) is 0.500. The summed E-state index contributed by atoms with van der Waals surface area (Å²) in [5.74, 6) is -4.33. The maximum absolute atomic E-state index is 8.89. The molecule has 0 aliphatic carbocycles. The molecule has 0 spiro atoms. The molecule has 104 valence electrons. The number of hydrogen-bond donors (Lipinski definition) is 0. The van der Waals surface area contributed by atoms with Gasteiger partial charge < -0.3 is 56.6 Å². The van der Waals surface area contributed by atoms with Gasteiger partial charge in [0, 0.05) is 23.9 Å². The van der Waals surface area contributed by atoms with Crippen molar-refractivity contribution in [2.75, 3.05) is 0 Å². The van der Waals surface area contributed by atoms with Crippen molar-refractivity contribution in [3.05, 3.63) is 0 Å². The fourth-order valence-corrected chi connectivity index (χ4v) is 0. The van der Waals surface area contributed by atoms with Crippen LogP contribution >= 0.6 is 0 Å². The van der Waals surface area contributed by atoms with Crippen LogP contribution in [0.2, 0.25) is 0 Å². The van der Waals surface area contributed by atoms with Crippen LogP contribution in [0.3, 0.4) is 0 Å². The zero-order valence-electron chi connectivity index (χ0n) is 10.6. The predicted octanol–water partition coefficient (Wildman–Crippen LogP) is -11.0. The quantitative estimate of drug-likeness (QED) is 0.393. The van der Waals surface area contributed by atoms with Crippen LogP contribution in [0.25, 0.3) is 0 Å². The molecular formula is C8H12BrNaO8-4. The standard InChI is InChI=1S/4C2H4O2.BrH.Na/c4*1-2(3)4;;/h4*1H3,(H,3,4);1H;/q;;;;;+1/p-5. The van der Waals surface area contributed by atoms with E-state index >= 15 is 0 Å². The first-order valence-electron chi connectivity index (χ1n) is 3.63. The largest absolute Gasteiger partial charge is 1.00 e. The van der Waals surface area contributed by atoms with Crippen molar-refractivity contribution in [3.63, 3.8) is 0 Å². The van der Waals surface area contributed by atoms with Crippen molar-refractivity contribution in [2.45, 2.75) is 27.7 Å². The van der Waals surface area contributed by atoms with E-state index in [2.05, 4.69) is 0 Å². The third kappa shape index (κ3) is 7730. The molecule has 0 fully saturated rings. The number of rotatable bonds is 0. The molecule has 0 aromatic carbocycles. The molecule has 8 nitrogen and oxygen atoms in total. The van der Waals surface area contributed by atoms with Crippen molar-refractivity contribution < 1.29 is 86.1 Å². The molecule has 0 rings (SSSR count). The Hall–Kier alpha value is -0.640. The van der Waals surface area contributed by atoms with E-state index < -0.39 is 23.9 Å². The van der Waals surface area contributed by atoms with Crippen LogP contribution in [-0.2, 0) is 19.2 Å². The molecule has 0 heterocycles. The summed E-state index contributed by atoms with van der Waals surface area (Å²) in [4.78, 5) is 35.6. The summed E-state index contributed by atoms with van der Waals surface area (Å²) in [6, 6.07) is 0. The van der Waals surface area contributed by atoms with Gasteiger partial charge in [0.2, 0.25) is 0 Å². The molecule has 0 radical (unpaired) electrons. The zero-order chi connectivity index (χ0) is 14.3. The van der Waals surface area contributed by atoms with Gasteiger partial charge in [-0.05, 0) is 27.7 Å². The number of aliphatic carboxylic acids is 4. The van der Waals surface area contributed by atoms with E-state index in [1.807, 2.05) is 0 Å². The zero-order valence-corrected chi connectivity index (χ0v) is 14.2. The van der Waals surface area contributed by atoms with Gasteiger partial charge in [0.15, 0.2) is 0 Å². The SMILES string of the molecule is CC(=O)[O-].CC(=O)[O-].CC(=O)[O-].CC(=O)[O-].[Br-].[Na+]. The van der Waals surface area contributed by atoms with Gasteiger partial charge in [-0.1, -0.05) is 0 Å². The Morgan fingerprint density at radius 2 is 0.556 bits per heavy atom. The normalized spacial score (nSPS) is 5.56. The Morgan fingerprint density at radius 3 is 0.556 bits per heavy atom. The Labute approximate surface area is 137 Å². The summed E-state index contributed by atoms with van der Waals surface area (Å²) in [5.41, 5.74) is 0. The number of carbonyl (C=O) groups is 4. The average molecular weight is 339 g/mol. The minimum Gasteiger partial charge on any atom is -1.00 e. The van der Waals surface area contributed by atoms with Crippen molar-refractivity contribution in [2.24, 2.45) is 0 Å². The van der Waals surface area contributed by atoms with E-state index in [-0.39, 0.29) is 46.5 Å². The van der Waals surface area contributed by atoms with Gasteiger partial charge in [0.25, 0.3) is 0 Å². The fourth-order valence-electron chi connectivity index (χ4n) is 0. The van der Waals surface area contributed by atoms with Crippen LogP contribution < -0.4 is 67.0 Å². The monoisotopic (exact) mass is 338 g/mol. The van der Waals surface area contributed by atoms with E-state index in [0.29, 0.717) is 0 Å². The molecule has 0 aromatic heterocycles. The van der Waals surface area contributed by atoms with Crippen LogP contribution in [0.15, 0.2) is 0 Å². The maximum atomic E-state index is 8.89. The van der Waals surface area contributed by atoms with Gasteiger partial charge in [-0.15, -0.1) is 0 Å². The van der Waals surface area contributed by atoms with Crippen LogP contribution in [-0.4, -0.2) is 23.9 Å². The first-order chi connectivity index (χ1) is 6.93. The second-order valence-corrected chi connectivity index (χ2v) is 1.97. The second-order valence-electron chi connectivity index (χ2n) is 1.97. The first kappa shape index (κ1) is 36.0. The van der Waals surface area contributed by atoms with Crippen LogP contribution in [0.1, 0.15) is 27.7 Å². The third-order valence-electron chi connectivity index (χ3n) is 0. The van der Waals surface area contributed by atoms with Crippen molar-refractivity contribution in [1.82, 2.24) is 0 Å².